The number of carbonyl (C=O) groups is 1. The van der Waals surface area contributed by atoms with Gasteiger partial charge in [0, 0.05) is 31.6 Å². The Morgan fingerprint density at radius 1 is 1.27 bits per heavy atom. The molecule has 0 radical (unpaired) electrons. The lowest BCUT2D eigenvalue weighted by Crippen LogP contribution is -2.34. The van der Waals surface area contributed by atoms with Gasteiger partial charge in [0.1, 0.15) is 0 Å². The van der Waals surface area contributed by atoms with Crippen LogP contribution in [-0.2, 0) is 4.79 Å². The molecule has 4 nitrogen and oxygen atoms in total. The molecular weight excluding hydrogens is 192 g/mol. The van der Waals surface area contributed by atoms with E-state index in [1.807, 2.05) is 0 Å². The van der Waals surface area contributed by atoms with E-state index in [9.17, 15) is 4.79 Å². The van der Waals surface area contributed by atoms with Crippen molar-refractivity contribution in [1.29, 1.82) is 0 Å². The number of aliphatic hydroxyl groups is 1. The molecule has 4 heteroatoms. The Morgan fingerprint density at radius 2 is 2.00 bits per heavy atom. The van der Waals surface area contributed by atoms with Crippen molar-refractivity contribution in [2.24, 2.45) is 0 Å². The fraction of sp³-hybridized carbons (Fsp3) is 0.909. The Labute approximate surface area is 90.6 Å². The first-order valence-electron chi connectivity index (χ1n) is 5.94. The van der Waals surface area contributed by atoms with Gasteiger partial charge in [-0.25, -0.2) is 0 Å². The summed E-state index contributed by atoms with van der Waals surface area (Å²) >= 11 is 0. The van der Waals surface area contributed by atoms with Gasteiger partial charge in [0.05, 0.1) is 6.61 Å². The van der Waals surface area contributed by atoms with Crippen LogP contribution in [0.4, 0.5) is 0 Å². The molecule has 0 aliphatic heterocycles. The van der Waals surface area contributed by atoms with E-state index in [2.05, 4.69) is 10.2 Å². The third kappa shape index (κ3) is 3.80. The van der Waals surface area contributed by atoms with Crippen LogP contribution in [0.15, 0.2) is 0 Å². The number of hydrogen-bond acceptors (Lipinski definition) is 3. The summed E-state index contributed by atoms with van der Waals surface area (Å²) in [5, 5.41) is 11.9. The van der Waals surface area contributed by atoms with Crippen molar-refractivity contribution in [3.63, 3.8) is 0 Å². The summed E-state index contributed by atoms with van der Waals surface area (Å²) in [6, 6.07) is 1.09. The molecule has 2 saturated carbocycles. The summed E-state index contributed by atoms with van der Waals surface area (Å²) in [5.41, 5.74) is 0. The van der Waals surface area contributed by atoms with E-state index in [-0.39, 0.29) is 12.5 Å². The molecule has 0 aromatic carbocycles. The van der Waals surface area contributed by atoms with Crippen molar-refractivity contribution >= 4 is 5.91 Å². The Bertz CT molecular complexity index is 225. The second-order valence-corrected chi connectivity index (χ2v) is 4.58. The highest BCUT2D eigenvalue weighted by Gasteiger charge is 2.29. The second-order valence-electron chi connectivity index (χ2n) is 4.58. The summed E-state index contributed by atoms with van der Waals surface area (Å²) < 4.78 is 0. The van der Waals surface area contributed by atoms with Gasteiger partial charge in [-0.15, -0.1) is 0 Å². The minimum absolute atomic E-state index is 0.168. The lowest BCUT2D eigenvalue weighted by Gasteiger charge is -2.20. The molecule has 2 rings (SSSR count). The molecule has 0 unspecified atom stereocenters. The van der Waals surface area contributed by atoms with E-state index in [1.54, 1.807) is 0 Å². The summed E-state index contributed by atoms with van der Waals surface area (Å²) in [6.07, 6.45) is 5.32. The monoisotopic (exact) mass is 212 g/mol. The quantitative estimate of drug-likeness (QED) is 0.630. The van der Waals surface area contributed by atoms with Crippen molar-refractivity contribution in [3.05, 3.63) is 0 Å². The molecule has 0 saturated heterocycles. The van der Waals surface area contributed by atoms with E-state index >= 15 is 0 Å². The highest BCUT2D eigenvalue weighted by Crippen LogP contribution is 2.26. The normalized spacial score (nSPS) is 20.7. The van der Waals surface area contributed by atoms with Gasteiger partial charge in [-0.2, -0.15) is 0 Å². The highest BCUT2D eigenvalue weighted by atomic mass is 16.3. The lowest BCUT2D eigenvalue weighted by molar-refractivity contribution is -0.121. The smallest absolute Gasteiger partial charge is 0.221 e. The predicted molar refractivity (Wildman–Crippen MR) is 57.5 cm³/mol. The molecule has 0 atom stereocenters. The molecule has 15 heavy (non-hydrogen) atoms. The summed E-state index contributed by atoms with van der Waals surface area (Å²) in [4.78, 5) is 13.7. The van der Waals surface area contributed by atoms with Crippen LogP contribution in [0.5, 0.6) is 0 Å². The maximum Gasteiger partial charge on any atom is 0.221 e. The van der Waals surface area contributed by atoms with E-state index in [1.165, 1.54) is 12.8 Å². The first kappa shape index (κ1) is 10.9. The fourth-order valence-electron chi connectivity index (χ4n) is 1.82. The second kappa shape index (κ2) is 4.94. The summed E-state index contributed by atoms with van der Waals surface area (Å²) in [6.45, 7) is 1.70. The van der Waals surface area contributed by atoms with Gasteiger partial charge >= 0.3 is 0 Å². The highest BCUT2D eigenvalue weighted by molar-refractivity contribution is 5.76. The first-order valence-corrected chi connectivity index (χ1v) is 5.94. The number of rotatable bonds is 7. The molecule has 2 aliphatic rings. The molecule has 2 N–H and O–H groups in total. The van der Waals surface area contributed by atoms with Crippen LogP contribution in [0.25, 0.3) is 0 Å². The van der Waals surface area contributed by atoms with Crippen LogP contribution in [-0.4, -0.2) is 47.7 Å². The van der Waals surface area contributed by atoms with Crippen molar-refractivity contribution in [2.45, 2.75) is 44.2 Å². The molecule has 2 aliphatic carbocycles. The maximum atomic E-state index is 11.4. The van der Waals surface area contributed by atoms with Crippen LogP contribution >= 0.6 is 0 Å². The molecule has 0 bridgehead atoms. The third-order valence-electron chi connectivity index (χ3n) is 3.02. The van der Waals surface area contributed by atoms with Gasteiger partial charge in [0.15, 0.2) is 0 Å². The van der Waals surface area contributed by atoms with Crippen molar-refractivity contribution < 1.29 is 9.90 Å². The Morgan fingerprint density at radius 3 is 2.53 bits per heavy atom. The number of aliphatic hydroxyl groups excluding tert-OH is 1. The third-order valence-corrected chi connectivity index (χ3v) is 3.02. The van der Waals surface area contributed by atoms with Crippen LogP contribution in [0.1, 0.15) is 32.1 Å². The number of amides is 1. The zero-order valence-corrected chi connectivity index (χ0v) is 9.11. The van der Waals surface area contributed by atoms with Gasteiger partial charge < -0.3 is 10.4 Å². The van der Waals surface area contributed by atoms with Crippen molar-refractivity contribution in [2.75, 3.05) is 19.7 Å². The number of carbonyl (C=O) groups excluding carboxylic acids is 1. The molecule has 1 amide bonds. The first-order chi connectivity index (χ1) is 7.29. The van der Waals surface area contributed by atoms with Crippen molar-refractivity contribution in [3.8, 4) is 0 Å². The molecule has 0 aromatic rings. The van der Waals surface area contributed by atoms with E-state index < -0.39 is 0 Å². The van der Waals surface area contributed by atoms with Crippen molar-refractivity contribution in [1.82, 2.24) is 10.2 Å². The van der Waals surface area contributed by atoms with Gasteiger partial charge in [0.25, 0.3) is 0 Å². The predicted octanol–water partition coefficient (Wildman–Crippen LogP) is 0.112. The van der Waals surface area contributed by atoms with E-state index in [4.69, 9.17) is 5.11 Å². The van der Waals surface area contributed by atoms with E-state index in [0.717, 1.165) is 19.4 Å². The largest absolute Gasteiger partial charge is 0.395 e. The molecule has 86 valence electrons. The van der Waals surface area contributed by atoms with Gasteiger partial charge in [0.2, 0.25) is 5.91 Å². The Balaban J connectivity index is 1.62. The molecule has 0 spiro atoms. The number of hydrogen-bond donors (Lipinski definition) is 2. The minimum Gasteiger partial charge on any atom is -0.395 e. The van der Waals surface area contributed by atoms with Gasteiger partial charge in [-0.05, 0) is 25.7 Å². The number of nitrogens with one attached hydrogen (secondary N) is 1. The zero-order chi connectivity index (χ0) is 10.7. The van der Waals surface area contributed by atoms with E-state index in [0.29, 0.717) is 25.0 Å². The zero-order valence-electron chi connectivity index (χ0n) is 9.11. The molecular formula is C11H20N2O2. The minimum atomic E-state index is 0.168. The number of nitrogens with zero attached hydrogens (tertiary/aromatic N) is 1. The van der Waals surface area contributed by atoms with Crippen LogP contribution < -0.4 is 5.32 Å². The molecule has 2 fully saturated rings. The fourth-order valence-corrected chi connectivity index (χ4v) is 1.82. The topological polar surface area (TPSA) is 52.6 Å². The lowest BCUT2D eigenvalue weighted by atomic mass is 10.3. The Kier molecular flexibility index (Phi) is 3.59. The Hall–Kier alpha value is -0.610. The molecule has 0 aromatic heterocycles. The molecule has 0 heterocycles. The SMILES string of the molecule is O=C(CCN(CCO)C1CC1)NC1CC1. The maximum absolute atomic E-state index is 11.4. The average molecular weight is 212 g/mol. The summed E-state index contributed by atoms with van der Waals surface area (Å²) in [7, 11) is 0. The summed E-state index contributed by atoms with van der Waals surface area (Å²) in [5.74, 6) is 0.168. The van der Waals surface area contributed by atoms with Crippen LogP contribution in [0, 0.1) is 0 Å². The van der Waals surface area contributed by atoms with Crippen LogP contribution in [0.3, 0.4) is 0 Å². The van der Waals surface area contributed by atoms with Gasteiger partial charge in [-0.1, -0.05) is 0 Å². The average Bonchev–Trinajstić information content (AvgIpc) is 3.02. The van der Waals surface area contributed by atoms with Crippen LogP contribution in [0.2, 0.25) is 0 Å². The van der Waals surface area contributed by atoms with Gasteiger partial charge in [-0.3, -0.25) is 9.69 Å². The standard InChI is InChI=1S/C11H20N2O2/c14-8-7-13(10-3-4-10)6-5-11(15)12-9-1-2-9/h9-10,14H,1-8H2,(H,12,15).